The molecular formula is C15H29N5O. The number of nitrogen functional groups attached to an aromatic ring is 1. The topological polar surface area (TPSA) is 87.0 Å². The van der Waals surface area contributed by atoms with Crippen LogP contribution in [-0.2, 0) is 0 Å². The molecule has 0 aliphatic heterocycles. The summed E-state index contributed by atoms with van der Waals surface area (Å²) < 4.78 is 0. The summed E-state index contributed by atoms with van der Waals surface area (Å²) in [4.78, 5) is 14.5. The van der Waals surface area contributed by atoms with E-state index in [0.29, 0.717) is 30.0 Å². The summed E-state index contributed by atoms with van der Waals surface area (Å²) in [6.45, 7) is 14.0. The van der Waals surface area contributed by atoms with E-state index in [2.05, 4.69) is 48.1 Å². The van der Waals surface area contributed by atoms with E-state index in [1.807, 2.05) is 13.8 Å². The monoisotopic (exact) mass is 295 g/mol. The van der Waals surface area contributed by atoms with Crippen molar-refractivity contribution in [2.45, 2.75) is 59.5 Å². The van der Waals surface area contributed by atoms with Crippen LogP contribution in [0, 0.1) is 0 Å². The third-order valence-corrected chi connectivity index (χ3v) is 3.61. The van der Waals surface area contributed by atoms with Gasteiger partial charge in [0.25, 0.3) is 5.91 Å². The number of nitrogens with zero attached hydrogens (tertiary/aromatic N) is 2. The molecule has 1 amide bonds. The number of H-pyrrole nitrogens is 1. The molecule has 0 unspecified atom stereocenters. The molecule has 0 aliphatic carbocycles. The van der Waals surface area contributed by atoms with E-state index in [9.17, 15) is 4.79 Å². The fourth-order valence-corrected chi connectivity index (χ4v) is 2.47. The van der Waals surface area contributed by atoms with Crippen LogP contribution < -0.4 is 11.1 Å². The van der Waals surface area contributed by atoms with Gasteiger partial charge in [-0.15, -0.1) is 0 Å². The van der Waals surface area contributed by atoms with E-state index in [1.165, 1.54) is 0 Å². The van der Waals surface area contributed by atoms with Crippen molar-refractivity contribution >= 4 is 11.6 Å². The Hall–Kier alpha value is -1.56. The highest BCUT2D eigenvalue weighted by molar-refractivity contribution is 5.97. The van der Waals surface area contributed by atoms with Crippen molar-refractivity contribution < 1.29 is 4.79 Å². The zero-order valence-corrected chi connectivity index (χ0v) is 14.0. The third kappa shape index (κ3) is 4.46. The molecule has 6 nitrogen and oxygen atoms in total. The molecule has 6 heteroatoms. The van der Waals surface area contributed by atoms with E-state index < -0.39 is 0 Å². The molecule has 0 atom stereocenters. The maximum atomic E-state index is 12.1. The molecule has 0 aliphatic rings. The zero-order valence-electron chi connectivity index (χ0n) is 14.0. The Balaban J connectivity index is 2.58. The van der Waals surface area contributed by atoms with Gasteiger partial charge in [-0.05, 0) is 33.6 Å². The van der Waals surface area contributed by atoms with E-state index in [-0.39, 0.29) is 11.8 Å². The molecule has 0 aromatic carbocycles. The fraction of sp³-hybridized carbons (Fsp3) is 0.733. The summed E-state index contributed by atoms with van der Waals surface area (Å²) in [6, 6.07) is 0.898. The normalized spacial score (nSPS) is 11.9. The molecule has 0 spiro atoms. The number of aromatic amines is 1. The van der Waals surface area contributed by atoms with Crippen molar-refractivity contribution in [3.05, 3.63) is 11.4 Å². The average Bonchev–Trinajstić information content (AvgIpc) is 2.75. The van der Waals surface area contributed by atoms with Crippen LogP contribution in [0.3, 0.4) is 0 Å². The third-order valence-electron chi connectivity index (χ3n) is 3.61. The SMILES string of the molecule is CC(C)c1[nH]nc(C(=O)NCCN(C(C)C)C(C)C)c1N. The van der Waals surface area contributed by atoms with Crippen LogP contribution >= 0.6 is 0 Å². The second-order valence-electron chi connectivity index (χ2n) is 6.24. The first-order valence-electron chi connectivity index (χ1n) is 7.63. The molecule has 0 bridgehead atoms. The predicted molar refractivity (Wildman–Crippen MR) is 86.4 cm³/mol. The van der Waals surface area contributed by atoms with Gasteiger partial charge in [0.1, 0.15) is 0 Å². The Labute approximate surface area is 127 Å². The number of amides is 1. The van der Waals surface area contributed by atoms with Crippen molar-refractivity contribution in [3.8, 4) is 0 Å². The summed E-state index contributed by atoms with van der Waals surface area (Å²) >= 11 is 0. The molecule has 0 saturated heterocycles. The number of anilines is 1. The highest BCUT2D eigenvalue weighted by Gasteiger charge is 2.19. The number of hydrogen-bond donors (Lipinski definition) is 3. The maximum Gasteiger partial charge on any atom is 0.273 e. The van der Waals surface area contributed by atoms with Crippen LogP contribution in [0.2, 0.25) is 0 Å². The van der Waals surface area contributed by atoms with Gasteiger partial charge in [-0.2, -0.15) is 5.10 Å². The summed E-state index contributed by atoms with van der Waals surface area (Å²) in [7, 11) is 0. The van der Waals surface area contributed by atoms with Gasteiger partial charge in [0.15, 0.2) is 5.69 Å². The van der Waals surface area contributed by atoms with Crippen LogP contribution in [0.25, 0.3) is 0 Å². The van der Waals surface area contributed by atoms with Crippen molar-refractivity contribution in [2.75, 3.05) is 18.8 Å². The predicted octanol–water partition coefficient (Wildman–Crippen LogP) is 1.96. The second-order valence-corrected chi connectivity index (χ2v) is 6.24. The number of carbonyl (C=O) groups excluding carboxylic acids is 1. The van der Waals surface area contributed by atoms with E-state index >= 15 is 0 Å². The standard InChI is InChI=1S/C15H29N5O/c1-9(2)13-12(16)14(19-18-13)15(21)17-7-8-20(10(3)4)11(5)6/h9-11H,7-8,16H2,1-6H3,(H,17,21)(H,18,19). The number of rotatable bonds is 7. The van der Waals surface area contributed by atoms with E-state index in [1.54, 1.807) is 0 Å². The molecule has 120 valence electrons. The molecule has 1 aromatic rings. The van der Waals surface area contributed by atoms with Crippen LogP contribution in [-0.4, -0.2) is 46.2 Å². The van der Waals surface area contributed by atoms with Gasteiger partial charge in [0.05, 0.1) is 11.4 Å². The summed E-state index contributed by atoms with van der Waals surface area (Å²) in [5, 5.41) is 9.76. The van der Waals surface area contributed by atoms with E-state index in [4.69, 9.17) is 5.73 Å². The van der Waals surface area contributed by atoms with Gasteiger partial charge in [-0.3, -0.25) is 14.8 Å². The van der Waals surface area contributed by atoms with Gasteiger partial charge in [0.2, 0.25) is 0 Å². The van der Waals surface area contributed by atoms with Gasteiger partial charge < -0.3 is 11.1 Å². The zero-order chi connectivity index (χ0) is 16.2. The van der Waals surface area contributed by atoms with Gasteiger partial charge in [0, 0.05) is 25.2 Å². The van der Waals surface area contributed by atoms with Gasteiger partial charge in [-0.1, -0.05) is 13.8 Å². The lowest BCUT2D eigenvalue weighted by Gasteiger charge is -2.30. The highest BCUT2D eigenvalue weighted by Crippen LogP contribution is 2.21. The Kier molecular flexibility index (Phi) is 6.20. The van der Waals surface area contributed by atoms with Crippen LogP contribution in [0.15, 0.2) is 0 Å². The van der Waals surface area contributed by atoms with Crippen LogP contribution in [0.5, 0.6) is 0 Å². The quantitative estimate of drug-likeness (QED) is 0.717. The van der Waals surface area contributed by atoms with Crippen LogP contribution in [0.4, 0.5) is 5.69 Å². The minimum absolute atomic E-state index is 0.219. The Morgan fingerprint density at radius 3 is 2.24 bits per heavy atom. The average molecular weight is 295 g/mol. The van der Waals surface area contributed by atoms with Crippen molar-refractivity contribution in [3.63, 3.8) is 0 Å². The fourth-order valence-electron chi connectivity index (χ4n) is 2.47. The number of nitrogens with one attached hydrogen (secondary N) is 2. The number of hydrogen-bond acceptors (Lipinski definition) is 4. The first kappa shape index (κ1) is 17.5. The van der Waals surface area contributed by atoms with Crippen molar-refractivity contribution in [1.29, 1.82) is 0 Å². The minimum Gasteiger partial charge on any atom is -0.395 e. The first-order valence-corrected chi connectivity index (χ1v) is 7.63. The van der Waals surface area contributed by atoms with Gasteiger partial charge >= 0.3 is 0 Å². The molecule has 1 heterocycles. The molecular weight excluding hydrogens is 266 g/mol. The molecule has 0 saturated carbocycles. The Morgan fingerprint density at radius 2 is 1.81 bits per heavy atom. The minimum atomic E-state index is -0.219. The van der Waals surface area contributed by atoms with E-state index in [0.717, 1.165) is 12.2 Å². The van der Waals surface area contributed by atoms with Crippen molar-refractivity contribution in [1.82, 2.24) is 20.4 Å². The second kappa shape index (κ2) is 7.45. The smallest absolute Gasteiger partial charge is 0.273 e. The summed E-state index contributed by atoms with van der Waals surface area (Å²) in [5.74, 6) is -0.000430. The summed E-state index contributed by atoms with van der Waals surface area (Å²) in [6.07, 6.45) is 0. The first-order chi connectivity index (χ1) is 9.75. The Morgan fingerprint density at radius 1 is 1.24 bits per heavy atom. The maximum absolute atomic E-state index is 12.1. The highest BCUT2D eigenvalue weighted by atomic mass is 16.1. The lowest BCUT2D eigenvalue weighted by molar-refractivity contribution is 0.0935. The molecule has 1 aromatic heterocycles. The largest absolute Gasteiger partial charge is 0.395 e. The number of aromatic nitrogens is 2. The molecule has 0 radical (unpaired) electrons. The Bertz CT molecular complexity index is 457. The lowest BCUT2D eigenvalue weighted by Crippen LogP contribution is -2.42. The van der Waals surface area contributed by atoms with Crippen molar-refractivity contribution in [2.24, 2.45) is 0 Å². The molecule has 1 rings (SSSR count). The molecule has 0 fully saturated rings. The number of nitrogens with two attached hydrogens (primary N) is 1. The number of carbonyl (C=O) groups is 1. The van der Waals surface area contributed by atoms with Gasteiger partial charge in [-0.25, -0.2) is 0 Å². The van der Waals surface area contributed by atoms with Crippen LogP contribution in [0.1, 0.15) is 63.6 Å². The lowest BCUT2D eigenvalue weighted by atomic mass is 10.1. The molecule has 21 heavy (non-hydrogen) atoms. The molecule has 4 N–H and O–H groups in total. The summed E-state index contributed by atoms with van der Waals surface area (Å²) in [5.41, 5.74) is 7.52.